The van der Waals surface area contributed by atoms with Crippen LogP contribution >= 0.6 is 0 Å². The van der Waals surface area contributed by atoms with Crippen LogP contribution in [-0.4, -0.2) is 47.1 Å². The topological polar surface area (TPSA) is 69.6 Å². The van der Waals surface area contributed by atoms with Crippen LogP contribution in [0.1, 0.15) is 51.9 Å². The smallest absolute Gasteiger partial charge is 0.320 e. The molecule has 0 radical (unpaired) electrons. The fraction of sp³-hybridized carbons (Fsp3) is 0.867. The SMILES string of the molecule is CCCCNC(=O)CN1[C@@H]2CCCC[C@H]2C[C@H]1C(=O)O. The number of aliphatic carboxylic acids is 1. The number of fused-ring (bicyclic) bond motifs is 1. The number of amides is 1. The van der Waals surface area contributed by atoms with Gasteiger partial charge in [-0.3, -0.25) is 14.5 Å². The van der Waals surface area contributed by atoms with Gasteiger partial charge >= 0.3 is 5.97 Å². The van der Waals surface area contributed by atoms with Crippen molar-refractivity contribution in [2.45, 2.75) is 64.0 Å². The lowest BCUT2D eigenvalue weighted by Crippen LogP contribution is -2.47. The van der Waals surface area contributed by atoms with Gasteiger partial charge in [0.1, 0.15) is 6.04 Å². The van der Waals surface area contributed by atoms with Gasteiger partial charge in [0.2, 0.25) is 5.91 Å². The quantitative estimate of drug-likeness (QED) is 0.726. The van der Waals surface area contributed by atoms with E-state index in [1.165, 1.54) is 6.42 Å². The van der Waals surface area contributed by atoms with Crippen molar-refractivity contribution in [1.29, 1.82) is 0 Å². The minimum Gasteiger partial charge on any atom is -0.480 e. The van der Waals surface area contributed by atoms with Crippen LogP contribution < -0.4 is 5.32 Å². The number of rotatable bonds is 6. The lowest BCUT2D eigenvalue weighted by atomic mass is 9.85. The molecule has 1 heterocycles. The third kappa shape index (κ3) is 3.51. The highest BCUT2D eigenvalue weighted by Crippen LogP contribution is 2.39. The van der Waals surface area contributed by atoms with Gasteiger partial charge in [-0.15, -0.1) is 0 Å². The molecule has 3 atom stereocenters. The summed E-state index contributed by atoms with van der Waals surface area (Å²) in [4.78, 5) is 25.3. The van der Waals surface area contributed by atoms with E-state index in [0.717, 1.165) is 32.1 Å². The fourth-order valence-electron chi connectivity index (χ4n) is 3.65. The fourth-order valence-corrected chi connectivity index (χ4v) is 3.65. The highest BCUT2D eigenvalue weighted by atomic mass is 16.4. The summed E-state index contributed by atoms with van der Waals surface area (Å²) in [5, 5.41) is 12.3. The highest BCUT2D eigenvalue weighted by Gasteiger charge is 2.45. The van der Waals surface area contributed by atoms with Gasteiger partial charge in [0.05, 0.1) is 6.54 Å². The molecule has 114 valence electrons. The molecule has 2 aliphatic rings. The Hall–Kier alpha value is -1.10. The molecule has 1 aliphatic heterocycles. The monoisotopic (exact) mass is 282 g/mol. The second-order valence-electron chi connectivity index (χ2n) is 6.08. The first-order valence-corrected chi connectivity index (χ1v) is 7.88. The molecule has 2 rings (SSSR count). The lowest BCUT2D eigenvalue weighted by molar-refractivity contribution is -0.143. The predicted molar refractivity (Wildman–Crippen MR) is 76.4 cm³/mol. The molecule has 2 N–H and O–H groups in total. The second kappa shape index (κ2) is 7.07. The van der Waals surface area contributed by atoms with E-state index in [0.29, 0.717) is 24.9 Å². The van der Waals surface area contributed by atoms with Gasteiger partial charge in [0.25, 0.3) is 0 Å². The maximum atomic E-state index is 12.0. The van der Waals surface area contributed by atoms with Crippen molar-refractivity contribution in [2.75, 3.05) is 13.1 Å². The highest BCUT2D eigenvalue weighted by molar-refractivity contribution is 5.80. The van der Waals surface area contributed by atoms with Gasteiger partial charge in [0, 0.05) is 12.6 Å². The molecule has 0 aromatic carbocycles. The van der Waals surface area contributed by atoms with Crippen LogP contribution in [0.4, 0.5) is 0 Å². The first-order chi connectivity index (χ1) is 9.63. The number of likely N-dealkylation sites (tertiary alicyclic amines) is 1. The number of carboxylic acid groups (broad SMARTS) is 1. The molecule has 5 heteroatoms. The first kappa shape index (κ1) is 15.3. The predicted octanol–water partition coefficient (Wildman–Crippen LogP) is 1.62. The Bertz CT molecular complexity index is 359. The Balaban J connectivity index is 1.94. The molecule has 1 saturated heterocycles. The molecule has 1 aliphatic carbocycles. The Morgan fingerprint density at radius 3 is 2.75 bits per heavy atom. The Morgan fingerprint density at radius 2 is 2.05 bits per heavy atom. The van der Waals surface area contributed by atoms with E-state index in [-0.39, 0.29) is 12.5 Å². The molecule has 0 unspecified atom stereocenters. The second-order valence-corrected chi connectivity index (χ2v) is 6.08. The number of carbonyl (C=O) groups is 2. The van der Waals surface area contributed by atoms with E-state index >= 15 is 0 Å². The van der Waals surface area contributed by atoms with E-state index in [9.17, 15) is 14.7 Å². The number of hydrogen-bond acceptors (Lipinski definition) is 3. The van der Waals surface area contributed by atoms with Crippen LogP contribution in [0.25, 0.3) is 0 Å². The zero-order valence-corrected chi connectivity index (χ0v) is 12.3. The summed E-state index contributed by atoms with van der Waals surface area (Å²) in [6.45, 7) is 3.01. The summed E-state index contributed by atoms with van der Waals surface area (Å²) >= 11 is 0. The number of nitrogens with zero attached hydrogens (tertiary/aromatic N) is 1. The molecule has 1 amide bonds. The molecule has 0 aromatic heterocycles. The van der Waals surface area contributed by atoms with Crippen molar-refractivity contribution in [1.82, 2.24) is 10.2 Å². The number of unbranched alkanes of at least 4 members (excludes halogenated alkanes) is 1. The molecular formula is C15H26N2O3. The van der Waals surface area contributed by atoms with E-state index in [2.05, 4.69) is 12.2 Å². The molecule has 0 spiro atoms. The minimum atomic E-state index is -0.777. The van der Waals surface area contributed by atoms with E-state index in [4.69, 9.17) is 0 Å². The zero-order chi connectivity index (χ0) is 14.5. The van der Waals surface area contributed by atoms with E-state index < -0.39 is 12.0 Å². The van der Waals surface area contributed by atoms with Crippen LogP contribution in [0.5, 0.6) is 0 Å². The van der Waals surface area contributed by atoms with Crippen LogP contribution in [0.2, 0.25) is 0 Å². The third-order valence-corrected chi connectivity index (χ3v) is 4.69. The molecule has 0 bridgehead atoms. The summed E-state index contributed by atoms with van der Waals surface area (Å²) in [5.41, 5.74) is 0. The number of nitrogens with one attached hydrogen (secondary N) is 1. The molecule has 20 heavy (non-hydrogen) atoms. The normalized spacial score (nSPS) is 29.9. The Kier molecular flexibility index (Phi) is 5.40. The molecule has 5 nitrogen and oxygen atoms in total. The van der Waals surface area contributed by atoms with Gasteiger partial charge in [-0.1, -0.05) is 26.2 Å². The summed E-state index contributed by atoms with van der Waals surface area (Å²) in [6.07, 6.45) is 7.24. The number of hydrogen-bond donors (Lipinski definition) is 2. The van der Waals surface area contributed by atoms with E-state index in [1.807, 2.05) is 4.90 Å². The van der Waals surface area contributed by atoms with Gasteiger partial charge in [-0.2, -0.15) is 0 Å². The van der Waals surface area contributed by atoms with Crippen LogP contribution in [0.15, 0.2) is 0 Å². The van der Waals surface area contributed by atoms with Crippen LogP contribution in [-0.2, 0) is 9.59 Å². The number of carbonyl (C=O) groups excluding carboxylic acids is 1. The largest absolute Gasteiger partial charge is 0.480 e. The van der Waals surface area contributed by atoms with Crippen molar-refractivity contribution in [3.8, 4) is 0 Å². The average molecular weight is 282 g/mol. The maximum Gasteiger partial charge on any atom is 0.320 e. The Labute approximate surface area is 120 Å². The van der Waals surface area contributed by atoms with Gasteiger partial charge in [-0.05, 0) is 31.6 Å². The van der Waals surface area contributed by atoms with Gasteiger partial charge in [-0.25, -0.2) is 0 Å². The maximum absolute atomic E-state index is 12.0. The summed E-state index contributed by atoms with van der Waals surface area (Å²) in [7, 11) is 0. The summed E-state index contributed by atoms with van der Waals surface area (Å²) < 4.78 is 0. The standard InChI is InChI=1S/C15H26N2O3/c1-2-3-8-16-14(18)10-17-12-7-5-4-6-11(12)9-13(17)15(19)20/h11-13H,2-10H2,1H3,(H,16,18)(H,19,20)/t11-,12+,13-/m0/s1. The van der Waals surface area contributed by atoms with Crippen molar-refractivity contribution < 1.29 is 14.7 Å². The number of carboxylic acids is 1. The summed E-state index contributed by atoms with van der Waals surface area (Å²) in [6, 6.07) is -0.179. The van der Waals surface area contributed by atoms with Crippen molar-refractivity contribution in [3.63, 3.8) is 0 Å². The Morgan fingerprint density at radius 1 is 1.30 bits per heavy atom. The van der Waals surface area contributed by atoms with Crippen LogP contribution in [0.3, 0.4) is 0 Å². The van der Waals surface area contributed by atoms with Crippen molar-refractivity contribution in [3.05, 3.63) is 0 Å². The minimum absolute atomic E-state index is 0.0316. The van der Waals surface area contributed by atoms with Crippen LogP contribution in [0, 0.1) is 5.92 Å². The molecular weight excluding hydrogens is 256 g/mol. The van der Waals surface area contributed by atoms with Gasteiger partial charge in [0.15, 0.2) is 0 Å². The van der Waals surface area contributed by atoms with Crippen molar-refractivity contribution in [2.24, 2.45) is 5.92 Å². The van der Waals surface area contributed by atoms with E-state index in [1.54, 1.807) is 0 Å². The molecule has 0 aromatic rings. The van der Waals surface area contributed by atoms with Gasteiger partial charge < -0.3 is 10.4 Å². The molecule has 1 saturated carbocycles. The lowest BCUT2D eigenvalue weighted by Gasteiger charge is -2.32. The third-order valence-electron chi connectivity index (χ3n) is 4.69. The summed E-state index contributed by atoms with van der Waals surface area (Å²) in [5.74, 6) is -0.343. The average Bonchev–Trinajstić information content (AvgIpc) is 2.78. The van der Waals surface area contributed by atoms with Crippen molar-refractivity contribution >= 4 is 11.9 Å². The molecule has 2 fully saturated rings. The zero-order valence-electron chi connectivity index (χ0n) is 12.3. The first-order valence-electron chi connectivity index (χ1n) is 7.88.